The molecular formula is C16H17ClFNO. The lowest BCUT2D eigenvalue weighted by Crippen LogP contribution is -1.99. The van der Waals surface area contributed by atoms with Crippen molar-refractivity contribution < 1.29 is 9.50 Å². The van der Waals surface area contributed by atoms with Crippen molar-refractivity contribution >= 4 is 11.6 Å². The highest BCUT2D eigenvalue weighted by Crippen LogP contribution is 2.30. The van der Waals surface area contributed by atoms with Crippen LogP contribution in [0.25, 0.3) is 0 Å². The van der Waals surface area contributed by atoms with Crippen LogP contribution >= 0.6 is 11.6 Å². The van der Waals surface area contributed by atoms with Gasteiger partial charge in [-0.15, -0.1) is 0 Å². The summed E-state index contributed by atoms with van der Waals surface area (Å²) in [5.74, 6) is -0.279. The molecule has 1 unspecified atom stereocenters. The van der Waals surface area contributed by atoms with E-state index in [0.717, 1.165) is 36.8 Å². The number of aliphatic hydroxyl groups excluding tert-OH is 1. The van der Waals surface area contributed by atoms with Crippen LogP contribution in [0.15, 0.2) is 30.6 Å². The lowest BCUT2D eigenvalue weighted by atomic mass is 10.1. The predicted octanol–water partition coefficient (Wildman–Crippen LogP) is 4.09. The minimum Gasteiger partial charge on any atom is -0.388 e. The number of aryl methyl sites for hydroxylation is 1. The van der Waals surface area contributed by atoms with Crippen LogP contribution in [0.3, 0.4) is 0 Å². The molecule has 0 saturated heterocycles. The SMILES string of the molecule is OC1CCCCc2cn(Cc3cc(F)ccc3Cl)cc21. The second-order valence-corrected chi connectivity index (χ2v) is 5.82. The van der Waals surface area contributed by atoms with Gasteiger partial charge in [0, 0.05) is 29.5 Å². The third kappa shape index (κ3) is 2.74. The number of nitrogens with zero attached hydrogens (tertiary/aromatic N) is 1. The first-order chi connectivity index (χ1) is 9.63. The molecule has 0 amide bonds. The van der Waals surface area contributed by atoms with Crippen molar-refractivity contribution in [3.63, 3.8) is 0 Å². The van der Waals surface area contributed by atoms with Gasteiger partial charge in [-0.05, 0) is 48.6 Å². The molecule has 1 aromatic heterocycles. The number of rotatable bonds is 2. The molecule has 0 fully saturated rings. The topological polar surface area (TPSA) is 25.2 Å². The average molecular weight is 294 g/mol. The highest BCUT2D eigenvalue weighted by Gasteiger charge is 2.18. The smallest absolute Gasteiger partial charge is 0.123 e. The monoisotopic (exact) mass is 293 g/mol. The summed E-state index contributed by atoms with van der Waals surface area (Å²) in [6, 6.07) is 4.40. The van der Waals surface area contributed by atoms with Gasteiger partial charge in [-0.1, -0.05) is 18.0 Å². The third-order valence-electron chi connectivity index (χ3n) is 3.89. The Morgan fingerprint density at radius 1 is 1.30 bits per heavy atom. The van der Waals surface area contributed by atoms with Gasteiger partial charge in [0.1, 0.15) is 5.82 Å². The van der Waals surface area contributed by atoms with Crippen LogP contribution < -0.4 is 0 Å². The van der Waals surface area contributed by atoms with E-state index < -0.39 is 0 Å². The number of halogens is 2. The molecule has 0 bridgehead atoms. The second-order valence-electron chi connectivity index (χ2n) is 5.41. The van der Waals surface area contributed by atoms with Crippen molar-refractivity contribution in [3.8, 4) is 0 Å². The fourth-order valence-corrected chi connectivity index (χ4v) is 3.02. The van der Waals surface area contributed by atoms with Gasteiger partial charge in [0.25, 0.3) is 0 Å². The number of benzene rings is 1. The summed E-state index contributed by atoms with van der Waals surface area (Å²) in [6.07, 6.45) is 7.61. The van der Waals surface area contributed by atoms with E-state index in [4.69, 9.17) is 11.6 Å². The molecule has 4 heteroatoms. The Labute approximate surface area is 122 Å². The minimum absolute atomic E-state index is 0.279. The number of aromatic nitrogens is 1. The molecule has 2 aromatic rings. The van der Waals surface area contributed by atoms with E-state index in [1.54, 1.807) is 6.07 Å². The van der Waals surface area contributed by atoms with Crippen LogP contribution in [0.4, 0.5) is 4.39 Å². The Bertz CT molecular complexity index is 623. The minimum atomic E-state index is -0.378. The normalized spacial score (nSPS) is 18.6. The third-order valence-corrected chi connectivity index (χ3v) is 4.26. The van der Waals surface area contributed by atoms with Crippen molar-refractivity contribution in [3.05, 3.63) is 58.1 Å². The highest BCUT2D eigenvalue weighted by molar-refractivity contribution is 6.31. The Morgan fingerprint density at radius 2 is 2.15 bits per heavy atom. The van der Waals surface area contributed by atoms with Crippen molar-refractivity contribution in [1.29, 1.82) is 0 Å². The van der Waals surface area contributed by atoms with Gasteiger partial charge in [-0.2, -0.15) is 0 Å². The zero-order valence-electron chi connectivity index (χ0n) is 11.1. The molecule has 106 valence electrons. The van der Waals surface area contributed by atoms with Crippen LogP contribution in [-0.4, -0.2) is 9.67 Å². The van der Waals surface area contributed by atoms with Crippen LogP contribution in [0.5, 0.6) is 0 Å². The fourth-order valence-electron chi connectivity index (χ4n) is 2.84. The summed E-state index contributed by atoms with van der Waals surface area (Å²) in [5.41, 5.74) is 2.96. The van der Waals surface area contributed by atoms with Crippen LogP contribution in [0.2, 0.25) is 5.02 Å². The molecule has 0 spiro atoms. The molecule has 0 aliphatic heterocycles. The van der Waals surface area contributed by atoms with E-state index in [-0.39, 0.29) is 11.9 Å². The van der Waals surface area contributed by atoms with E-state index >= 15 is 0 Å². The maximum atomic E-state index is 13.3. The molecule has 20 heavy (non-hydrogen) atoms. The molecule has 1 N–H and O–H groups in total. The first-order valence-corrected chi connectivity index (χ1v) is 7.32. The lowest BCUT2D eigenvalue weighted by Gasteiger charge is -2.07. The lowest BCUT2D eigenvalue weighted by molar-refractivity contribution is 0.166. The summed E-state index contributed by atoms with van der Waals surface area (Å²) >= 11 is 6.10. The standard InChI is InChI=1S/C16H17ClFNO/c17-15-6-5-13(18)7-12(15)9-19-8-11-3-1-2-4-16(20)14(11)10-19/h5-8,10,16,20H,1-4,9H2. The summed E-state index contributed by atoms with van der Waals surface area (Å²) in [6.45, 7) is 0.524. The van der Waals surface area contributed by atoms with Crippen LogP contribution in [0.1, 0.15) is 42.1 Å². The highest BCUT2D eigenvalue weighted by atomic mass is 35.5. The van der Waals surface area contributed by atoms with Crippen molar-refractivity contribution in [1.82, 2.24) is 4.57 Å². The molecule has 1 aliphatic rings. The Kier molecular flexibility index (Phi) is 3.81. The Balaban J connectivity index is 1.88. The molecule has 0 radical (unpaired) electrons. The zero-order valence-corrected chi connectivity index (χ0v) is 11.9. The van der Waals surface area contributed by atoms with E-state index in [0.29, 0.717) is 11.6 Å². The Morgan fingerprint density at radius 3 is 3.00 bits per heavy atom. The van der Waals surface area contributed by atoms with E-state index in [1.807, 2.05) is 17.0 Å². The van der Waals surface area contributed by atoms with Gasteiger partial charge in [-0.25, -0.2) is 4.39 Å². The van der Waals surface area contributed by atoms with Crippen LogP contribution in [-0.2, 0) is 13.0 Å². The maximum Gasteiger partial charge on any atom is 0.123 e. The van der Waals surface area contributed by atoms with E-state index in [2.05, 4.69) is 0 Å². The summed E-state index contributed by atoms with van der Waals surface area (Å²) in [7, 11) is 0. The molecule has 0 saturated carbocycles. The first-order valence-electron chi connectivity index (χ1n) is 6.94. The van der Waals surface area contributed by atoms with Crippen LogP contribution in [0, 0.1) is 5.82 Å². The van der Waals surface area contributed by atoms with Crippen molar-refractivity contribution in [2.24, 2.45) is 0 Å². The predicted molar refractivity (Wildman–Crippen MR) is 77.5 cm³/mol. The van der Waals surface area contributed by atoms with E-state index in [1.165, 1.54) is 17.7 Å². The first kappa shape index (κ1) is 13.7. The fraction of sp³-hybridized carbons (Fsp3) is 0.375. The van der Waals surface area contributed by atoms with Crippen molar-refractivity contribution in [2.75, 3.05) is 0 Å². The summed E-state index contributed by atoms with van der Waals surface area (Å²) < 4.78 is 15.3. The van der Waals surface area contributed by atoms with Crippen molar-refractivity contribution in [2.45, 2.75) is 38.3 Å². The second kappa shape index (κ2) is 5.58. The largest absolute Gasteiger partial charge is 0.388 e. The summed E-state index contributed by atoms with van der Waals surface area (Å²) in [5, 5.41) is 10.7. The van der Waals surface area contributed by atoms with Gasteiger partial charge in [-0.3, -0.25) is 0 Å². The van der Waals surface area contributed by atoms with Gasteiger partial charge >= 0.3 is 0 Å². The van der Waals surface area contributed by atoms with Gasteiger partial charge in [0.2, 0.25) is 0 Å². The Hall–Kier alpha value is -1.32. The molecule has 1 atom stereocenters. The number of hydrogen-bond donors (Lipinski definition) is 1. The van der Waals surface area contributed by atoms with E-state index in [9.17, 15) is 9.50 Å². The molecule has 1 heterocycles. The van der Waals surface area contributed by atoms with Gasteiger partial charge < -0.3 is 9.67 Å². The summed E-state index contributed by atoms with van der Waals surface area (Å²) in [4.78, 5) is 0. The number of aliphatic hydroxyl groups is 1. The number of hydrogen-bond acceptors (Lipinski definition) is 1. The molecule has 1 aromatic carbocycles. The van der Waals surface area contributed by atoms with Gasteiger partial charge in [0.15, 0.2) is 0 Å². The number of fused-ring (bicyclic) bond motifs is 1. The molecule has 3 rings (SSSR count). The molecule has 2 nitrogen and oxygen atoms in total. The molecular weight excluding hydrogens is 277 g/mol. The maximum absolute atomic E-state index is 13.3. The van der Waals surface area contributed by atoms with Gasteiger partial charge in [0.05, 0.1) is 6.10 Å². The molecule has 1 aliphatic carbocycles. The average Bonchev–Trinajstić information content (AvgIpc) is 2.74. The zero-order chi connectivity index (χ0) is 14.1. The quantitative estimate of drug-likeness (QED) is 0.829.